The van der Waals surface area contributed by atoms with Crippen LogP contribution in [0.4, 0.5) is 0 Å². The fourth-order valence-electron chi connectivity index (χ4n) is 4.85. The monoisotopic (exact) mass is 442 g/mol. The van der Waals surface area contributed by atoms with Crippen LogP contribution in [0.3, 0.4) is 0 Å². The molecule has 2 atom stereocenters. The van der Waals surface area contributed by atoms with Crippen molar-refractivity contribution in [2.75, 3.05) is 19.7 Å². The molecule has 174 valence electrons. The van der Waals surface area contributed by atoms with Crippen LogP contribution >= 0.6 is 0 Å². The van der Waals surface area contributed by atoms with E-state index in [1.54, 1.807) is 18.3 Å². The number of hydrogen-bond donors (Lipinski definition) is 2. The molecule has 2 aliphatic rings. The number of morpholine rings is 1. The molecule has 1 saturated heterocycles. The van der Waals surface area contributed by atoms with E-state index in [0.29, 0.717) is 36.6 Å². The normalized spacial score (nSPS) is 26.8. The number of aromatic hydroxyl groups is 1. The summed E-state index contributed by atoms with van der Waals surface area (Å²) in [6.07, 6.45) is 5.63. The average molecular weight is 443 g/mol. The molecule has 0 radical (unpaired) electrons. The zero-order chi connectivity index (χ0) is 22.8. The Morgan fingerprint density at radius 3 is 2.72 bits per heavy atom. The lowest BCUT2D eigenvalue weighted by molar-refractivity contribution is -0.0501. The van der Waals surface area contributed by atoms with Gasteiger partial charge in [0, 0.05) is 37.9 Å². The quantitative estimate of drug-likeness (QED) is 0.739. The lowest BCUT2D eigenvalue weighted by atomic mass is 9.87. The Labute approximate surface area is 188 Å². The van der Waals surface area contributed by atoms with Crippen LogP contribution in [0.15, 0.2) is 23.1 Å². The van der Waals surface area contributed by atoms with Gasteiger partial charge in [0.15, 0.2) is 0 Å². The van der Waals surface area contributed by atoms with E-state index in [0.717, 1.165) is 32.2 Å². The van der Waals surface area contributed by atoms with Crippen LogP contribution in [0.5, 0.6) is 5.75 Å². The van der Waals surface area contributed by atoms with Crippen LogP contribution in [0.25, 0.3) is 11.0 Å². The SMILES string of the molecule is CC1CCC(NC(=O)c2c(O)c3cccnc3n(CCN3C[C@H](C)OC[C@H]3C)c2=O)CC1. The van der Waals surface area contributed by atoms with Crippen molar-refractivity contribution in [3.8, 4) is 5.75 Å². The number of carbonyl (C=O) groups excluding carboxylic acids is 1. The highest BCUT2D eigenvalue weighted by Gasteiger charge is 2.28. The fourth-order valence-corrected chi connectivity index (χ4v) is 4.85. The molecule has 8 heteroatoms. The molecule has 8 nitrogen and oxygen atoms in total. The lowest BCUT2D eigenvalue weighted by Gasteiger charge is -2.36. The third-order valence-corrected chi connectivity index (χ3v) is 6.92. The van der Waals surface area contributed by atoms with Gasteiger partial charge >= 0.3 is 0 Å². The van der Waals surface area contributed by atoms with Crippen LogP contribution in [-0.4, -0.2) is 63.3 Å². The summed E-state index contributed by atoms with van der Waals surface area (Å²) in [6, 6.07) is 3.68. The summed E-state index contributed by atoms with van der Waals surface area (Å²) in [5, 5.41) is 14.3. The Hall–Kier alpha value is -2.45. The predicted octanol–water partition coefficient (Wildman–Crippen LogP) is 2.52. The zero-order valence-electron chi connectivity index (χ0n) is 19.2. The van der Waals surface area contributed by atoms with Crippen molar-refractivity contribution in [3.63, 3.8) is 0 Å². The van der Waals surface area contributed by atoms with Crippen LogP contribution < -0.4 is 10.9 Å². The molecule has 2 aromatic heterocycles. The highest BCUT2D eigenvalue weighted by atomic mass is 16.5. The summed E-state index contributed by atoms with van der Waals surface area (Å²) in [6.45, 7) is 8.81. The second-order valence-electron chi connectivity index (χ2n) is 9.47. The topological polar surface area (TPSA) is 96.7 Å². The number of fused-ring (bicyclic) bond motifs is 1. The van der Waals surface area contributed by atoms with Crippen LogP contribution in [0, 0.1) is 5.92 Å². The maximum absolute atomic E-state index is 13.4. The van der Waals surface area contributed by atoms with E-state index < -0.39 is 11.5 Å². The Bertz CT molecular complexity index is 1030. The molecule has 1 aliphatic carbocycles. The molecule has 0 aromatic carbocycles. The first kappa shape index (κ1) is 22.7. The molecule has 1 aliphatic heterocycles. The van der Waals surface area contributed by atoms with Crippen molar-refractivity contribution in [1.82, 2.24) is 19.8 Å². The molecule has 0 bridgehead atoms. The molecule has 3 heterocycles. The Kier molecular flexibility index (Phi) is 6.81. The second kappa shape index (κ2) is 9.58. The van der Waals surface area contributed by atoms with Gasteiger partial charge in [-0.25, -0.2) is 4.98 Å². The van der Waals surface area contributed by atoms with Crippen molar-refractivity contribution < 1.29 is 14.6 Å². The predicted molar refractivity (Wildman–Crippen MR) is 123 cm³/mol. The first-order chi connectivity index (χ1) is 15.3. The van der Waals surface area contributed by atoms with E-state index in [1.165, 1.54) is 4.57 Å². The van der Waals surface area contributed by atoms with E-state index in [-0.39, 0.29) is 29.5 Å². The molecular formula is C24H34N4O4. The van der Waals surface area contributed by atoms with Gasteiger partial charge in [-0.3, -0.25) is 19.1 Å². The molecule has 1 amide bonds. The van der Waals surface area contributed by atoms with Crippen molar-refractivity contribution in [1.29, 1.82) is 0 Å². The summed E-state index contributed by atoms with van der Waals surface area (Å²) in [5.74, 6) is -0.130. The van der Waals surface area contributed by atoms with Crippen LogP contribution in [0.2, 0.25) is 0 Å². The number of pyridine rings is 2. The average Bonchev–Trinajstić information content (AvgIpc) is 2.77. The van der Waals surface area contributed by atoms with Crippen molar-refractivity contribution in [2.45, 2.75) is 71.2 Å². The minimum atomic E-state index is -0.500. The first-order valence-electron chi connectivity index (χ1n) is 11.7. The fraction of sp³-hybridized carbons (Fsp3) is 0.625. The molecule has 4 rings (SSSR count). The molecule has 0 unspecified atom stereocenters. The Morgan fingerprint density at radius 1 is 1.22 bits per heavy atom. The summed E-state index contributed by atoms with van der Waals surface area (Å²) in [7, 11) is 0. The molecule has 1 saturated carbocycles. The molecule has 2 N–H and O–H groups in total. The van der Waals surface area contributed by atoms with Gasteiger partial charge in [-0.1, -0.05) is 6.92 Å². The third kappa shape index (κ3) is 4.66. The van der Waals surface area contributed by atoms with Gasteiger partial charge in [0.05, 0.1) is 18.1 Å². The lowest BCUT2D eigenvalue weighted by Crippen LogP contribution is -2.49. The van der Waals surface area contributed by atoms with Gasteiger partial charge < -0.3 is 15.2 Å². The third-order valence-electron chi connectivity index (χ3n) is 6.92. The number of aromatic nitrogens is 2. The van der Waals surface area contributed by atoms with Crippen molar-refractivity contribution >= 4 is 16.9 Å². The van der Waals surface area contributed by atoms with Crippen LogP contribution in [0.1, 0.15) is 56.8 Å². The van der Waals surface area contributed by atoms with Gasteiger partial charge in [0.25, 0.3) is 11.5 Å². The first-order valence-corrected chi connectivity index (χ1v) is 11.7. The second-order valence-corrected chi connectivity index (χ2v) is 9.47. The molecule has 2 aromatic rings. The number of rotatable bonds is 5. The number of nitrogens with one attached hydrogen (secondary N) is 1. The van der Waals surface area contributed by atoms with Gasteiger partial charge in [-0.05, 0) is 57.6 Å². The number of ether oxygens (including phenoxy) is 1. The number of nitrogens with zero attached hydrogens (tertiary/aromatic N) is 3. The standard InChI is InChI=1S/C24H34N4O4/c1-15-6-8-18(9-7-15)26-23(30)20-21(29)19-5-4-10-25-22(19)28(24(20)31)12-11-27-13-17(3)32-14-16(27)2/h4-5,10,15-18,29H,6-9,11-14H2,1-3H3,(H,26,30)/t15?,16-,17+,18?/m1/s1. The molecule has 2 fully saturated rings. The number of carbonyl (C=O) groups is 1. The van der Waals surface area contributed by atoms with E-state index in [1.807, 2.05) is 6.92 Å². The van der Waals surface area contributed by atoms with E-state index >= 15 is 0 Å². The molecular weight excluding hydrogens is 408 g/mol. The summed E-state index contributed by atoms with van der Waals surface area (Å²) in [4.78, 5) is 33.2. The number of hydrogen-bond acceptors (Lipinski definition) is 6. The molecule has 32 heavy (non-hydrogen) atoms. The zero-order valence-corrected chi connectivity index (χ0v) is 19.2. The number of amides is 1. The van der Waals surface area contributed by atoms with E-state index in [9.17, 15) is 14.7 Å². The highest BCUT2D eigenvalue weighted by Crippen LogP contribution is 2.27. The van der Waals surface area contributed by atoms with Gasteiger partial charge in [0.1, 0.15) is 17.0 Å². The summed E-state index contributed by atoms with van der Waals surface area (Å²) >= 11 is 0. The minimum Gasteiger partial charge on any atom is -0.506 e. The van der Waals surface area contributed by atoms with Gasteiger partial charge in [-0.2, -0.15) is 0 Å². The Balaban J connectivity index is 1.63. The maximum atomic E-state index is 13.4. The minimum absolute atomic E-state index is 0.0335. The van der Waals surface area contributed by atoms with Crippen molar-refractivity contribution in [2.24, 2.45) is 5.92 Å². The molecule has 0 spiro atoms. The highest BCUT2D eigenvalue weighted by molar-refractivity contribution is 6.01. The van der Waals surface area contributed by atoms with Gasteiger partial charge in [-0.15, -0.1) is 0 Å². The Morgan fingerprint density at radius 2 is 1.97 bits per heavy atom. The maximum Gasteiger partial charge on any atom is 0.268 e. The van der Waals surface area contributed by atoms with Gasteiger partial charge in [0.2, 0.25) is 0 Å². The summed E-state index contributed by atoms with van der Waals surface area (Å²) < 4.78 is 7.23. The van der Waals surface area contributed by atoms with Crippen molar-refractivity contribution in [3.05, 3.63) is 34.2 Å². The van der Waals surface area contributed by atoms with E-state index in [2.05, 4.69) is 29.0 Å². The van der Waals surface area contributed by atoms with Crippen LogP contribution in [-0.2, 0) is 11.3 Å². The summed E-state index contributed by atoms with van der Waals surface area (Å²) in [5.41, 5.74) is -0.288. The van der Waals surface area contributed by atoms with E-state index in [4.69, 9.17) is 4.74 Å². The smallest absolute Gasteiger partial charge is 0.268 e. The largest absolute Gasteiger partial charge is 0.506 e.